The van der Waals surface area contributed by atoms with E-state index in [0.717, 1.165) is 12.1 Å². The van der Waals surface area contributed by atoms with Crippen molar-refractivity contribution < 1.29 is 27.9 Å². The minimum absolute atomic E-state index is 0.239. The molecule has 2 atom stereocenters. The van der Waals surface area contributed by atoms with E-state index >= 15 is 0 Å². The average Bonchev–Trinajstić information content (AvgIpc) is 3.11. The summed E-state index contributed by atoms with van der Waals surface area (Å²) in [5.41, 5.74) is -0.00117. The Morgan fingerprint density at radius 1 is 1.24 bits per heavy atom. The molecular formula is C17H17F3N2O3. The van der Waals surface area contributed by atoms with E-state index in [4.69, 9.17) is 5.11 Å². The van der Waals surface area contributed by atoms with Crippen molar-refractivity contribution in [2.24, 2.45) is 13.0 Å². The summed E-state index contributed by atoms with van der Waals surface area (Å²) in [5, 5.41) is 12.1. The second kappa shape index (κ2) is 6.09. The van der Waals surface area contributed by atoms with Gasteiger partial charge in [0.1, 0.15) is 5.69 Å². The molecule has 134 valence electrons. The van der Waals surface area contributed by atoms with Crippen LogP contribution in [0.15, 0.2) is 24.3 Å². The van der Waals surface area contributed by atoms with Crippen LogP contribution >= 0.6 is 0 Å². The molecular weight excluding hydrogens is 337 g/mol. The first-order valence-corrected chi connectivity index (χ1v) is 7.87. The van der Waals surface area contributed by atoms with Crippen LogP contribution in [-0.4, -0.2) is 27.6 Å². The zero-order chi connectivity index (χ0) is 18.4. The van der Waals surface area contributed by atoms with Gasteiger partial charge in [0.25, 0.3) is 5.91 Å². The number of hydrogen-bond donors (Lipinski definition) is 2. The largest absolute Gasteiger partial charge is 0.481 e. The SMILES string of the molecule is Cn1c(C(=O)N[C@@H]2CC[C@H](C(=O)O)C2)cc2cc(C(F)(F)F)ccc21. The number of aliphatic carboxylic acids is 1. The fourth-order valence-electron chi connectivity index (χ4n) is 3.34. The number of nitrogens with one attached hydrogen (secondary N) is 1. The van der Waals surface area contributed by atoms with Crippen LogP contribution in [0, 0.1) is 5.92 Å². The van der Waals surface area contributed by atoms with Crippen LogP contribution in [0.2, 0.25) is 0 Å². The number of carboxylic acid groups (broad SMARTS) is 1. The number of benzene rings is 1. The Bertz CT molecular complexity index is 842. The lowest BCUT2D eigenvalue weighted by atomic mass is 10.1. The summed E-state index contributed by atoms with van der Waals surface area (Å²) in [5.74, 6) is -1.75. The van der Waals surface area contributed by atoms with Crippen molar-refractivity contribution in [3.63, 3.8) is 0 Å². The molecule has 3 rings (SSSR count). The Hall–Kier alpha value is -2.51. The van der Waals surface area contributed by atoms with E-state index in [9.17, 15) is 22.8 Å². The van der Waals surface area contributed by atoms with Gasteiger partial charge in [-0.3, -0.25) is 9.59 Å². The van der Waals surface area contributed by atoms with Crippen molar-refractivity contribution in [2.45, 2.75) is 31.5 Å². The molecule has 1 aromatic carbocycles. The number of carbonyl (C=O) groups excluding carboxylic acids is 1. The number of amides is 1. The predicted octanol–water partition coefficient (Wildman–Crippen LogP) is 3.18. The number of hydrogen-bond acceptors (Lipinski definition) is 2. The lowest BCUT2D eigenvalue weighted by molar-refractivity contribution is -0.141. The summed E-state index contributed by atoms with van der Waals surface area (Å²) in [6, 6.07) is 4.52. The van der Waals surface area contributed by atoms with Crippen LogP contribution in [0.3, 0.4) is 0 Å². The molecule has 8 heteroatoms. The highest BCUT2D eigenvalue weighted by atomic mass is 19.4. The lowest BCUT2D eigenvalue weighted by Gasteiger charge is -2.13. The third-order valence-electron chi connectivity index (χ3n) is 4.72. The predicted molar refractivity (Wildman–Crippen MR) is 84.2 cm³/mol. The van der Waals surface area contributed by atoms with Crippen molar-refractivity contribution >= 4 is 22.8 Å². The van der Waals surface area contributed by atoms with Gasteiger partial charge in [-0.15, -0.1) is 0 Å². The molecule has 1 aliphatic carbocycles. The smallest absolute Gasteiger partial charge is 0.416 e. The van der Waals surface area contributed by atoms with Gasteiger partial charge in [-0.1, -0.05) is 0 Å². The number of alkyl halides is 3. The molecule has 0 spiro atoms. The maximum absolute atomic E-state index is 12.8. The van der Waals surface area contributed by atoms with Crippen molar-refractivity contribution in [2.75, 3.05) is 0 Å². The highest BCUT2D eigenvalue weighted by Gasteiger charge is 2.32. The van der Waals surface area contributed by atoms with Crippen LogP contribution in [0.1, 0.15) is 35.3 Å². The van der Waals surface area contributed by atoms with E-state index in [1.54, 1.807) is 7.05 Å². The Kier molecular flexibility index (Phi) is 4.22. The topological polar surface area (TPSA) is 71.3 Å². The Labute approximate surface area is 141 Å². The Morgan fingerprint density at radius 3 is 2.56 bits per heavy atom. The van der Waals surface area contributed by atoms with Gasteiger partial charge >= 0.3 is 12.1 Å². The average molecular weight is 354 g/mol. The van der Waals surface area contributed by atoms with Crippen LogP contribution in [0.5, 0.6) is 0 Å². The number of rotatable bonds is 3. The molecule has 1 aliphatic rings. The van der Waals surface area contributed by atoms with E-state index in [1.165, 1.54) is 16.7 Å². The second-order valence-electron chi connectivity index (χ2n) is 6.38. The molecule has 0 unspecified atom stereocenters. The zero-order valence-corrected chi connectivity index (χ0v) is 13.4. The summed E-state index contributed by atoms with van der Waals surface area (Å²) in [6.45, 7) is 0. The fraction of sp³-hybridized carbons (Fsp3) is 0.412. The first-order valence-electron chi connectivity index (χ1n) is 7.87. The number of aryl methyl sites for hydroxylation is 1. The van der Waals surface area contributed by atoms with Crippen molar-refractivity contribution in [1.29, 1.82) is 0 Å². The zero-order valence-electron chi connectivity index (χ0n) is 13.4. The molecule has 0 aliphatic heterocycles. The summed E-state index contributed by atoms with van der Waals surface area (Å²) < 4.78 is 40.0. The van der Waals surface area contributed by atoms with Gasteiger partial charge in [-0.25, -0.2) is 0 Å². The van der Waals surface area contributed by atoms with Gasteiger partial charge in [-0.05, 0) is 43.5 Å². The van der Waals surface area contributed by atoms with Gasteiger partial charge in [0.15, 0.2) is 0 Å². The standard InChI is InChI=1S/C17H17F3N2O3/c1-22-13-5-3-11(17(18,19)20)6-10(13)8-14(22)15(23)21-12-4-2-9(7-12)16(24)25/h3,5-6,8-9,12H,2,4,7H2,1H3,(H,21,23)(H,24,25)/t9-,12+/m0/s1. The minimum atomic E-state index is -4.44. The van der Waals surface area contributed by atoms with Gasteiger partial charge < -0.3 is 15.0 Å². The second-order valence-corrected chi connectivity index (χ2v) is 6.38. The van der Waals surface area contributed by atoms with Crippen LogP contribution < -0.4 is 5.32 Å². The Balaban J connectivity index is 1.82. The van der Waals surface area contributed by atoms with E-state index in [2.05, 4.69) is 5.32 Å². The molecule has 1 fully saturated rings. The number of nitrogens with zero attached hydrogens (tertiary/aromatic N) is 1. The quantitative estimate of drug-likeness (QED) is 0.889. The number of fused-ring (bicyclic) bond motifs is 1. The molecule has 1 aromatic heterocycles. The van der Waals surface area contributed by atoms with E-state index in [0.29, 0.717) is 30.2 Å². The van der Waals surface area contributed by atoms with Gasteiger partial charge in [-0.2, -0.15) is 13.2 Å². The van der Waals surface area contributed by atoms with E-state index < -0.39 is 29.5 Å². The van der Waals surface area contributed by atoms with Crippen molar-refractivity contribution in [1.82, 2.24) is 9.88 Å². The molecule has 1 heterocycles. The molecule has 5 nitrogen and oxygen atoms in total. The first kappa shape index (κ1) is 17.3. The molecule has 0 saturated heterocycles. The molecule has 0 radical (unpaired) electrons. The summed E-state index contributed by atoms with van der Waals surface area (Å²) in [6.07, 6.45) is -3.00. The van der Waals surface area contributed by atoms with Gasteiger partial charge in [0.2, 0.25) is 0 Å². The third kappa shape index (κ3) is 3.33. The summed E-state index contributed by atoms with van der Waals surface area (Å²) in [4.78, 5) is 23.4. The number of carboxylic acids is 1. The minimum Gasteiger partial charge on any atom is -0.481 e. The van der Waals surface area contributed by atoms with Crippen LogP contribution in [0.25, 0.3) is 10.9 Å². The molecule has 2 aromatic rings. The van der Waals surface area contributed by atoms with Gasteiger partial charge in [0, 0.05) is 24.0 Å². The summed E-state index contributed by atoms with van der Waals surface area (Å²) in [7, 11) is 1.61. The number of carbonyl (C=O) groups is 2. The van der Waals surface area contributed by atoms with E-state index in [-0.39, 0.29) is 11.7 Å². The van der Waals surface area contributed by atoms with E-state index in [1.807, 2.05) is 0 Å². The Morgan fingerprint density at radius 2 is 1.96 bits per heavy atom. The lowest BCUT2D eigenvalue weighted by Crippen LogP contribution is -2.34. The third-order valence-corrected chi connectivity index (χ3v) is 4.72. The molecule has 2 N–H and O–H groups in total. The maximum Gasteiger partial charge on any atom is 0.416 e. The van der Waals surface area contributed by atoms with Crippen molar-refractivity contribution in [3.05, 3.63) is 35.5 Å². The highest BCUT2D eigenvalue weighted by molar-refractivity contribution is 5.99. The normalized spacial score (nSPS) is 20.8. The molecule has 0 bridgehead atoms. The van der Waals surface area contributed by atoms with Crippen LogP contribution in [-0.2, 0) is 18.0 Å². The van der Waals surface area contributed by atoms with Crippen molar-refractivity contribution in [3.8, 4) is 0 Å². The fourth-order valence-corrected chi connectivity index (χ4v) is 3.34. The number of halogens is 3. The van der Waals surface area contributed by atoms with Crippen LogP contribution in [0.4, 0.5) is 13.2 Å². The van der Waals surface area contributed by atoms with Gasteiger partial charge in [0.05, 0.1) is 11.5 Å². The molecule has 1 saturated carbocycles. The number of aromatic nitrogens is 1. The monoisotopic (exact) mass is 354 g/mol. The summed E-state index contributed by atoms with van der Waals surface area (Å²) >= 11 is 0. The highest BCUT2D eigenvalue weighted by Crippen LogP contribution is 2.32. The molecule has 25 heavy (non-hydrogen) atoms. The first-order chi connectivity index (χ1) is 11.7. The molecule has 1 amide bonds. The maximum atomic E-state index is 12.8.